The molecule has 2 N–H and O–H groups in total. The van der Waals surface area contributed by atoms with E-state index < -0.39 is 0 Å². The molecule has 38 heavy (non-hydrogen) atoms. The largest absolute Gasteiger partial charge is 0.497 e. The highest BCUT2D eigenvalue weighted by atomic mass is 16.5. The predicted octanol–water partition coefficient (Wildman–Crippen LogP) is 4.93. The van der Waals surface area contributed by atoms with E-state index in [-0.39, 0.29) is 25.0 Å². The Kier molecular flexibility index (Phi) is 9.37. The van der Waals surface area contributed by atoms with Gasteiger partial charge in [-0.3, -0.25) is 4.79 Å². The number of amides is 3. The van der Waals surface area contributed by atoms with Crippen LogP contribution in [0.5, 0.6) is 5.75 Å². The van der Waals surface area contributed by atoms with Gasteiger partial charge in [-0.25, -0.2) is 4.79 Å². The lowest BCUT2D eigenvalue weighted by Gasteiger charge is -2.28. The summed E-state index contributed by atoms with van der Waals surface area (Å²) in [4.78, 5) is 33.4. The number of carbonyl (C=O) groups excluding carboxylic acids is 2. The number of nitrogens with zero attached hydrogens (tertiary/aromatic N) is 2. The summed E-state index contributed by atoms with van der Waals surface area (Å²) >= 11 is 0. The Morgan fingerprint density at radius 2 is 1.68 bits per heavy atom. The molecule has 4 aromatic rings. The minimum absolute atomic E-state index is 0.0696. The molecule has 0 fully saturated rings. The number of aromatic amines is 1. The van der Waals surface area contributed by atoms with Gasteiger partial charge in [0.05, 0.1) is 13.7 Å². The van der Waals surface area contributed by atoms with E-state index >= 15 is 0 Å². The summed E-state index contributed by atoms with van der Waals surface area (Å²) in [5.74, 6) is 0.499. The molecule has 8 heteroatoms. The first kappa shape index (κ1) is 26.8. The zero-order valence-corrected chi connectivity index (χ0v) is 21.9. The Labute approximate surface area is 223 Å². The van der Waals surface area contributed by atoms with Crippen LogP contribution in [0, 0.1) is 0 Å². The van der Waals surface area contributed by atoms with Gasteiger partial charge in [0, 0.05) is 55.6 Å². The van der Waals surface area contributed by atoms with Crippen molar-refractivity contribution in [2.75, 3.05) is 45.8 Å². The molecule has 0 atom stereocenters. The number of hydrogen-bond donors (Lipinski definition) is 2. The molecule has 4 rings (SSSR count). The molecule has 0 aliphatic carbocycles. The summed E-state index contributed by atoms with van der Waals surface area (Å²) in [5.41, 5.74) is 3.84. The maximum atomic E-state index is 13.6. The second-order valence-corrected chi connectivity index (χ2v) is 8.99. The highest BCUT2D eigenvalue weighted by Crippen LogP contribution is 2.20. The first-order valence-electron chi connectivity index (χ1n) is 12.6. The monoisotopic (exact) mass is 514 g/mol. The van der Waals surface area contributed by atoms with Gasteiger partial charge in [-0.05, 0) is 35.7 Å². The Morgan fingerprint density at radius 3 is 2.47 bits per heavy atom. The summed E-state index contributed by atoms with van der Waals surface area (Å²) < 4.78 is 10.5. The molecule has 8 nitrogen and oxygen atoms in total. The highest BCUT2D eigenvalue weighted by molar-refractivity contribution is 5.92. The first-order valence-corrected chi connectivity index (χ1v) is 12.6. The molecule has 0 aliphatic heterocycles. The second kappa shape index (κ2) is 13.3. The zero-order valence-electron chi connectivity index (χ0n) is 21.9. The molecule has 0 saturated heterocycles. The standard InChI is InChI=1S/C30H34N4O4/c1-37-18-17-34(30(36)32-25-11-8-12-26(19-25)38-2)22-29(35)33(21-23-9-4-3-5-10-23)16-15-24-20-31-28-14-7-6-13-27(24)28/h3-14,19-20,31H,15-18,21-22H2,1-2H3,(H,32,36). The van der Waals surface area contributed by atoms with Crippen molar-refractivity contribution in [1.82, 2.24) is 14.8 Å². The van der Waals surface area contributed by atoms with Crippen molar-refractivity contribution in [2.45, 2.75) is 13.0 Å². The lowest BCUT2D eigenvalue weighted by atomic mass is 10.1. The fourth-order valence-corrected chi connectivity index (χ4v) is 4.31. The molecule has 1 aromatic heterocycles. The van der Waals surface area contributed by atoms with Crippen LogP contribution in [0.25, 0.3) is 10.9 Å². The third kappa shape index (κ3) is 7.14. The lowest BCUT2D eigenvalue weighted by molar-refractivity contribution is -0.132. The molecule has 3 aromatic carbocycles. The molecule has 3 amide bonds. The SMILES string of the molecule is COCCN(CC(=O)N(CCc1c[nH]c2ccccc12)Cc1ccccc1)C(=O)Nc1cccc(OC)c1. The van der Waals surface area contributed by atoms with Crippen LogP contribution in [-0.4, -0.2) is 67.2 Å². The van der Waals surface area contributed by atoms with Crippen molar-refractivity contribution < 1.29 is 19.1 Å². The Bertz CT molecular complexity index is 1340. The van der Waals surface area contributed by atoms with Gasteiger partial charge < -0.3 is 29.6 Å². The van der Waals surface area contributed by atoms with Crippen molar-refractivity contribution in [1.29, 1.82) is 0 Å². The number of rotatable bonds is 12. The number of nitrogens with one attached hydrogen (secondary N) is 2. The number of urea groups is 1. The molecule has 0 radical (unpaired) electrons. The molecular weight excluding hydrogens is 480 g/mol. The molecule has 0 aliphatic rings. The number of para-hydroxylation sites is 1. The molecule has 1 heterocycles. The molecule has 0 bridgehead atoms. The fourth-order valence-electron chi connectivity index (χ4n) is 4.31. The van der Waals surface area contributed by atoms with E-state index in [0.717, 1.165) is 22.0 Å². The molecular formula is C30H34N4O4. The minimum Gasteiger partial charge on any atom is -0.497 e. The van der Waals surface area contributed by atoms with Crippen molar-refractivity contribution in [3.63, 3.8) is 0 Å². The van der Waals surface area contributed by atoms with Gasteiger partial charge in [-0.15, -0.1) is 0 Å². The maximum absolute atomic E-state index is 13.6. The van der Waals surface area contributed by atoms with Gasteiger partial charge in [0.15, 0.2) is 0 Å². The Balaban J connectivity index is 1.49. The number of fused-ring (bicyclic) bond motifs is 1. The van der Waals surface area contributed by atoms with E-state index in [4.69, 9.17) is 9.47 Å². The van der Waals surface area contributed by atoms with Gasteiger partial charge in [0.2, 0.25) is 5.91 Å². The van der Waals surface area contributed by atoms with Crippen molar-refractivity contribution in [2.24, 2.45) is 0 Å². The number of methoxy groups -OCH3 is 2. The number of H-pyrrole nitrogens is 1. The minimum atomic E-state index is -0.375. The highest BCUT2D eigenvalue weighted by Gasteiger charge is 2.22. The molecule has 0 spiro atoms. The third-order valence-corrected chi connectivity index (χ3v) is 6.39. The van der Waals surface area contributed by atoms with Crippen molar-refractivity contribution in [3.05, 3.63) is 96.2 Å². The first-order chi connectivity index (χ1) is 18.6. The average Bonchev–Trinajstić information content (AvgIpc) is 3.36. The van der Waals surface area contributed by atoms with Crippen molar-refractivity contribution >= 4 is 28.5 Å². The van der Waals surface area contributed by atoms with Crippen LogP contribution in [0.3, 0.4) is 0 Å². The summed E-state index contributed by atoms with van der Waals surface area (Å²) in [7, 11) is 3.14. The summed E-state index contributed by atoms with van der Waals surface area (Å²) in [6.45, 7) is 1.50. The normalized spacial score (nSPS) is 10.8. The average molecular weight is 515 g/mol. The smallest absolute Gasteiger partial charge is 0.322 e. The fraction of sp³-hybridized carbons (Fsp3) is 0.267. The lowest BCUT2D eigenvalue weighted by Crippen LogP contribution is -2.46. The van der Waals surface area contributed by atoms with Crippen LogP contribution in [0.1, 0.15) is 11.1 Å². The van der Waals surface area contributed by atoms with E-state index in [1.165, 1.54) is 4.90 Å². The van der Waals surface area contributed by atoms with Gasteiger partial charge >= 0.3 is 6.03 Å². The van der Waals surface area contributed by atoms with Crippen LogP contribution in [-0.2, 0) is 22.5 Å². The van der Waals surface area contributed by atoms with E-state index in [1.54, 1.807) is 38.5 Å². The van der Waals surface area contributed by atoms with Gasteiger partial charge in [-0.1, -0.05) is 54.6 Å². The number of aromatic nitrogens is 1. The molecule has 0 unspecified atom stereocenters. The number of benzene rings is 3. The molecule has 0 saturated carbocycles. The van der Waals surface area contributed by atoms with Crippen LogP contribution >= 0.6 is 0 Å². The Hall–Kier alpha value is -4.30. The molecule has 198 valence electrons. The van der Waals surface area contributed by atoms with Gasteiger partial charge in [-0.2, -0.15) is 0 Å². The van der Waals surface area contributed by atoms with Crippen LogP contribution in [0.4, 0.5) is 10.5 Å². The third-order valence-electron chi connectivity index (χ3n) is 6.39. The number of ether oxygens (including phenoxy) is 2. The van der Waals surface area contributed by atoms with Gasteiger partial charge in [0.25, 0.3) is 0 Å². The van der Waals surface area contributed by atoms with Crippen LogP contribution in [0.2, 0.25) is 0 Å². The number of carbonyl (C=O) groups is 2. The summed E-state index contributed by atoms with van der Waals surface area (Å²) in [5, 5.41) is 4.02. The van der Waals surface area contributed by atoms with Gasteiger partial charge in [0.1, 0.15) is 12.3 Å². The van der Waals surface area contributed by atoms with Crippen molar-refractivity contribution in [3.8, 4) is 5.75 Å². The van der Waals surface area contributed by atoms with E-state index in [0.29, 0.717) is 37.6 Å². The second-order valence-electron chi connectivity index (χ2n) is 8.99. The summed E-state index contributed by atoms with van der Waals surface area (Å²) in [6, 6.07) is 24.8. The zero-order chi connectivity index (χ0) is 26.7. The van der Waals surface area contributed by atoms with E-state index in [9.17, 15) is 9.59 Å². The van der Waals surface area contributed by atoms with E-state index in [2.05, 4.69) is 16.4 Å². The number of hydrogen-bond acceptors (Lipinski definition) is 4. The predicted molar refractivity (Wildman–Crippen MR) is 149 cm³/mol. The van der Waals surface area contributed by atoms with Crippen LogP contribution in [0.15, 0.2) is 85.1 Å². The van der Waals surface area contributed by atoms with Crippen LogP contribution < -0.4 is 10.1 Å². The topological polar surface area (TPSA) is 86.9 Å². The maximum Gasteiger partial charge on any atom is 0.322 e. The quantitative estimate of drug-likeness (QED) is 0.281. The Morgan fingerprint density at radius 1 is 0.895 bits per heavy atom. The summed E-state index contributed by atoms with van der Waals surface area (Å²) in [6.07, 6.45) is 2.69. The van der Waals surface area contributed by atoms with E-state index in [1.807, 2.05) is 59.6 Å². The number of anilines is 1.